The van der Waals surface area contributed by atoms with E-state index < -0.39 is 0 Å². The van der Waals surface area contributed by atoms with Crippen LogP contribution in [-0.4, -0.2) is 48.4 Å². The Morgan fingerprint density at radius 2 is 1.67 bits per heavy atom. The monoisotopic (exact) mass is 168 g/mol. The summed E-state index contributed by atoms with van der Waals surface area (Å²) in [6.07, 6.45) is 3.67. The minimum Gasteiger partial charge on any atom is -0.342 e. The minimum atomic E-state index is 0.340. The quantitative estimate of drug-likeness (QED) is 0.592. The standard InChI is InChI=1S/C9H16N2O/c12-9(8-10-4-3-5-10)11-6-1-2-7-11/h1-8H2. The number of amides is 1. The molecule has 0 unspecified atom stereocenters. The van der Waals surface area contributed by atoms with E-state index in [2.05, 4.69) is 4.90 Å². The molecule has 0 N–H and O–H groups in total. The van der Waals surface area contributed by atoms with Gasteiger partial charge in [0, 0.05) is 13.1 Å². The average Bonchev–Trinajstić information content (AvgIpc) is 2.47. The van der Waals surface area contributed by atoms with Crippen LogP contribution in [0.4, 0.5) is 0 Å². The van der Waals surface area contributed by atoms with E-state index in [0.717, 1.165) is 26.2 Å². The van der Waals surface area contributed by atoms with Crippen LogP contribution in [0, 0.1) is 0 Å². The van der Waals surface area contributed by atoms with Gasteiger partial charge in [0.2, 0.25) is 5.91 Å². The number of carbonyl (C=O) groups excluding carboxylic acids is 1. The second kappa shape index (κ2) is 3.44. The van der Waals surface area contributed by atoms with Crippen LogP contribution < -0.4 is 0 Å². The summed E-state index contributed by atoms with van der Waals surface area (Å²) in [7, 11) is 0. The number of hydrogen-bond donors (Lipinski definition) is 0. The smallest absolute Gasteiger partial charge is 0.236 e. The highest BCUT2D eigenvalue weighted by atomic mass is 16.2. The van der Waals surface area contributed by atoms with Gasteiger partial charge < -0.3 is 4.90 Å². The number of nitrogens with zero attached hydrogens (tertiary/aromatic N) is 2. The third-order valence-electron chi connectivity index (χ3n) is 2.77. The Balaban J connectivity index is 1.74. The van der Waals surface area contributed by atoms with E-state index >= 15 is 0 Å². The predicted molar refractivity (Wildman–Crippen MR) is 46.9 cm³/mol. The molecule has 2 saturated heterocycles. The molecule has 68 valence electrons. The summed E-state index contributed by atoms with van der Waals surface area (Å²) in [4.78, 5) is 15.8. The molecule has 2 fully saturated rings. The van der Waals surface area contributed by atoms with Crippen molar-refractivity contribution in [3.8, 4) is 0 Å². The van der Waals surface area contributed by atoms with E-state index in [-0.39, 0.29) is 0 Å². The number of likely N-dealkylation sites (tertiary alicyclic amines) is 2. The van der Waals surface area contributed by atoms with E-state index in [1.165, 1.54) is 19.3 Å². The van der Waals surface area contributed by atoms with Gasteiger partial charge in [-0.3, -0.25) is 9.69 Å². The van der Waals surface area contributed by atoms with E-state index in [4.69, 9.17) is 0 Å². The van der Waals surface area contributed by atoms with Crippen molar-refractivity contribution >= 4 is 5.91 Å². The van der Waals surface area contributed by atoms with Crippen molar-refractivity contribution in [2.45, 2.75) is 19.3 Å². The molecule has 3 nitrogen and oxygen atoms in total. The van der Waals surface area contributed by atoms with Crippen LogP contribution in [0.2, 0.25) is 0 Å². The van der Waals surface area contributed by atoms with Crippen molar-refractivity contribution in [1.82, 2.24) is 9.80 Å². The topological polar surface area (TPSA) is 23.6 Å². The molecular weight excluding hydrogens is 152 g/mol. The lowest BCUT2D eigenvalue weighted by molar-refractivity contribution is -0.132. The molecule has 1 amide bonds. The highest BCUT2D eigenvalue weighted by Crippen LogP contribution is 2.10. The Bertz CT molecular complexity index is 171. The van der Waals surface area contributed by atoms with Crippen LogP contribution in [-0.2, 0) is 4.79 Å². The van der Waals surface area contributed by atoms with E-state index in [0.29, 0.717) is 12.5 Å². The van der Waals surface area contributed by atoms with Crippen molar-refractivity contribution in [3.05, 3.63) is 0 Å². The fraction of sp³-hybridized carbons (Fsp3) is 0.889. The van der Waals surface area contributed by atoms with Crippen molar-refractivity contribution in [2.24, 2.45) is 0 Å². The van der Waals surface area contributed by atoms with Crippen molar-refractivity contribution < 1.29 is 4.79 Å². The Hall–Kier alpha value is -0.570. The van der Waals surface area contributed by atoms with Gasteiger partial charge in [-0.15, -0.1) is 0 Å². The third-order valence-corrected chi connectivity index (χ3v) is 2.77. The van der Waals surface area contributed by atoms with Gasteiger partial charge in [0.1, 0.15) is 0 Å². The average molecular weight is 168 g/mol. The molecule has 12 heavy (non-hydrogen) atoms. The Labute approximate surface area is 73.3 Å². The lowest BCUT2D eigenvalue weighted by atomic mass is 10.2. The van der Waals surface area contributed by atoms with Gasteiger partial charge in [-0.25, -0.2) is 0 Å². The highest BCUT2D eigenvalue weighted by Gasteiger charge is 2.22. The van der Waals surface area contributed by atoms with Crippen molar-refractivity contribution in [3.63, 3.8) is 0 Å². The van der Waals surface area contributed by atoms with Crippen LogP contribution >= 0.6 is 0 Å². The number of carbonyl (C=O) groups is 1. The maximum absolute atomic E-state index is 11.5. The van der Waals surface area contributed by atoms with Crippen LogP contribution in [0.15, 0.2) is 0 Å². The Kier molecular flexibility index (Phi) is 2.30. The SMILES string of the molecule is O=C(CN1CCC1)N1CCCC1. The largest absolute Gasteiger partial charge is 0.342 e. The lowest BCUT2D eigenvalue weighted by Gasteiger charge is -2.31. The number of rotatable bonds is 2. The molecule has 2 rings (SSSR count). The predicted octanol–water partition coefficient (Wildman–Crippen LogP) is 0.315. The number of hydrogen-bond acceptors (Lipinski definition) is 2. The molecule has 0 aromatic rings. The molecule has 0 bridgehead atoms. The molecule has 2 aliphatic heterocycles. The maximum atomic E-state index is 11.5. The highest BCUT2D eigenvalue weighted by molar-refractivity contribution is 5.78. The molecule has 0 radical (unpaired) electrons. The summed E-state index contributed by atoms with van der Waals surface area (Å²) in [6.45, 7) is 4.90. The first-order chi connectivity index (χ1) is 5.86. The summed E-state index contributed by atoms with van der Waals surface area (Å²) in [5.74, 6) is 0.340. The first-order valence-electron chi connectivity index (χ1n) is 4.86. The summed E-state index contributed by atoms with van der Waals surface area (Å²) < 4.78 is 0. The molecule has 0 aliphatic carbocycles. The molecule has 3 heteroatoms. The summed E-state index contributed by atoms with van der Waals surface area (Å²) in [5.41, 5.74) is 0. The fourth-order valence-electron chi connectivity index (χ4n) is 1.80. The normalized spacial score (nSPS) is 24.2. The van der Waals surface area contributed by atoms with Gasteiger partial charge in [0.25, 0.3) is 0 Å². The Morgan fingerprint density at radius 1 is 1.00 bits per heavy atom. The molecule has 0 aromatic carbocycles. The first kappa shape index (κ1) is 8.05. The second-order valence-corrected chi connectivity index (χ2v) is 3.72. The van der Waals surface area contributed by atoms with Crippen LogP contribution in [0.1, 0.15) is 19.3 Å². The summed E-state index contributed by atoms with van der Waals surface area (Å²) in [5, 5.41) is 0. The van der Waals surface area contributed by atoms with Gasteiger partial charge in [-0.1, -0.05) is 0 Å². The first-order valence-corrected chi connectivity index (χ1v) is 4.86. The van der Waals surface area contributed by atoms with E-state index in [1.54, 1.807) is 0 Å². The van der Waals surface area contributed by atoms with Gasteiger partial charge in [-0.05, 0) is 32.4 Å². The van der Waals surface area contributed by atoms with Crippen molar-refractivity contribution in [1.29, 1.82) is 0 Å². The molecular formula is C9H16N2O. The van der Waals surface area contributed by atoms with Gasteiger partial charge in [0.05, 0.1) is 6.54 Å². The minimum absolute atomic E-state index is 0.340. The van der Waals surface area contributed by atoms with Gasteiger partial charge in [-0.2, -0.15) is 0 Å². The summed E-state index contributed by atoms with van der Waals surface area (Å²) >= 11 is 0. The third kappa shape index (κ3) is 1.61. The van der Waals surface area contributed by atoms with Crippen LogP contribution in [0.5, 0.6) is 0 Å². The molecule has 0 spiro atoms. The molecule has 0 saturated carbocycles. The summed E-state index contributed by atoms with van der Waals surface area (Å²) in [6, 6.07) is 0. The van der Waals surface area contributed by atoms with E-state index in [1.807, 2.05) is 4.90 Å². The zero-order valence-electron chi connectivity index (χ0n) is 7.46. The maximum Gasteiger partial charge on any atom is 0.236 e. The van der Waals surface area contributed by atoms with E-state index in [9.17, 15) is 4.79 Å². The fourth-order valence-corrected chi connectivity index (χ4v) is 1.80. The lowest BCUT2D eigenvalue weighted by Crippen LogP contribution is -2.45. The molecule has 0 atom stereocenters. The van der Waals surface area contributed by atoms with Gasteiger partial charge >= 0.3 is 0 Å². The van der Waals surface area contributed by atoms with Crippen LogP contribution in [0.3, 0.4) is 0 Å². The van der Waals surface area contributed by atoms with Crippen LogP contribution in [0.25, 0.3) is 0 Å². The van der Waals surface area contributed by atoms with Crippen molar-refractivity contribution in [2.75, 3.05) is 32.7 Å². The zero-order chi connectivity index (χ0) is 8.39. The molecule has 2 aliphatic rings. The second-order valence-electron chi connectivity index (χ2n) is 3.72. The Morgan fingerprint density at radius 3 is 2.17 bits per heavy atom. The molecule has 0 aromatic heterocycles. The molecule has 2 heterocycles. The van der Waals surface area contributed by atoms with Gasteiger partial charge in [0.15, 0.2) is 0 Å². The zero-order valence-corrected chi connectivity index (χ0v) is 7.46.